The van der Waals surface area contributed by atoms with Gasteiger partial charge >= 0.3 is 0 Å². The standard InChI is InChI=1S/C32H41N3O6S/c1-21(2)19-35(42(39,40)25-12-10-24(41-3)11-13-25)20-31(37)29(17-22-7-5-4-6-8-22)34-32(38)23-9-14-26-27(18-23)28(33)15-16-30(26)36/h4-14,18,21,28-31,36-37H,15-17,19-20,33H2,1-3H3,(H,34,38)/t28-,29-,30+,31+/m0/s1. The summed E-state index contributed by atoms with van der Waals surface area (Å²) in [5.41, 5.74) is 8.97. The molecule has 0 fully saturated rings. The van der Waals surface area contributed by atoms with Crippen LogP contribution in [-0.2, 0) is 16.4 Å². The molecule has 0 spiro atoms. The molecule has 9 nitrogen and oxygen atoms in total. The minimum atomic E-state index is -3.96. The topological polar surface area (TPSA) is 142 Å². The second-order valence-electron chi connectivity index (χ2n) is 11.3. The SMILES string of the molecule is COc1ccc(S(=O)(=O)N(CC(C)C)C[C@@H](O)[C@H](Cc2ccccc2)NC(=O)c2ccc3c(c2)[C@@H](N)CC[C@H]3O)cc1. The highest BCUT2D eigenvalue weighted by atomic mass is 32.2. The number of rotatable bonds is 12. The van der Waals surface area contributed by atoms with E-state index in [0.29, 0.717) is 24.2 Å². The van der Waals surface area contributed by atoms with E-state index in [0.717, 1.165) is 16.7 Å². The number of hydrogen-bond acceptors (Lipinski definition) is 7. The summed E-state index contributed by atoms with van der Waals surface area (Å²) in [5.74, 6) is 0.105. The zero-order valence-electron chi connectivity index (χ0n) is 24.3. The van der Waals surface area contributed by atoms with Gasteiger partial charge in [-0.15, -0.1) is 0 Å². The summed E-state index contributed by atoms with van der Waals surface area (Å²) in [6.45, 7) is 3.78. The number of benzene rings is 3. The van der Waals surface area contributed by atoms with Crippen molar-refractivity contribution in [2.75, 3.05) is 20.2 Å². The molecule has 4 rings (SSSR count). The number of amides is 1. The number of carbonyl (C=O) groups is 1. The predicted molar refractivity (Wildman–Crippen MR) is 162 cm³/mol. The van der Waals surface area contributed by atoms with E-state index >= 15 is 0 Å². The van der Waals surface area contributed by atoms with Crippen LogP contribution in [-0.4, -0.2) is 61.2 Å². The maximum atomic E-state index is 13.7. The van der Waals surface area contributed by atoms with Gasteiger partial charge in [-0.3, -0.25) is 4.79 Å². The number of nitrogens with two attached hydrogens (primary N) is 1. The van der Waals surface area contributed by atoms with Gasteiger partial charge in [0, 0.05) is 24.7 Å². The third kappa shape index (κ3) is 7.56. The summed E-state index contributed by atoms with van der Waals surface area (Å²) in [5, 5.41) is 24.8. The lowest BCUT2D eigenvalue weighted by Gasteiger charge is -2.31. The smallest absolute Gasteiger partial charge is 0.251 e. The zero-order chi connectivity index (χ0) is 30.4. The molecule has 10 heteroatoms. The largest absolute Gasteiger partial charge is 0.497 e. The first-order valence-electron chi connectivity index (χ1n) is 14.2. The van der Waals surface area contributed by atoms with Crippen molar-refractivity contribution in [1.82, 2.24) is 9.62 Å². The summed E-state index contributed by atoms with van der Waals surface area (Å²) < 4.78 is 33.8. The third-order valence-electron chi connectivity index (χ3n) is 7.59. The van der Waals surface area contributed by atoms with Gasteiger partial charge in [-0.2, -0.15) is 4.31 Å². The number of methoxy groups -OCH3 is 1. The number of nitrogens with one attached hydrogen (secondary N) is 1. The fourth-order valence-corrected chi connectivity index (χ4v) is 6.92. The van der Waals surface area contributed by atoms with Gasteiger partial charge in [0.2, 0.25) is 10.0 Å². The highest BCUT2D eigenvalue weighted by Crippen LogP contribution is 2.35. The molecule has 42 heavy (non-hydrogen) atoms. The minimum absolute atomic E-state index is 0.0116. The zero-order valence-corrected chi connectivity index (χ0v) is 25.1. The molecule has 4 atom stereocenters. The number of nitrogens with zero attached hydrogens (tertiary/aromatic N) is 1. The quantitative estimate of drug-likeness (QED) is 0.251. The average molecular weight is 596 g/mol. The van der Waals surface area contributed by atoms with Gasteiger partial charge in [-0.25, -0.2) is 8.42 Å². The van der Waals surface area contributed by atoms with E-state index in [1.165, 1.54) is 23.5 Å². The van der Waals surface area contributed by atoms with Crippen LogP contribution in [0.1, 0.15) is 65.9 Å². The van der Waals surface area contributed by atoms with Crippen molar-refractivity contribution < 1.29 is 28.2 Å². The highest BCUT2D eigenvalue weighted by Gasteiger charge is 2.32. The van der Waals surface area contributed by atoms with Crippen LogP contribution in [0.2, 0.25) is 0 Å². The van der Waals surface area contributed by atoms with E-state index in [9.17, 15) is 23.4 Å². The van der Waals surface area contributed by atoms with Gasteiger partial charge < -0.3 is 26.0 Å². The number of carbonyl (C=O) groups excluding carboxylic acids is 1. The molecule has 226 valence electrons. The van der Waals surface area contributed by atoms with E-state index in [1.54, 1.807) is 30.3 Å². The van der Waals surface area contributed by atoms with Gasteiger partial charge in [-0.1, -0.05) is 50.2 Å². The summed E-state index contributed by atoms with van der Waals surface area (Å²) in [6, 6.07) is 19.5. The van der Waals surface area contributed by atoms with Crippen LogP contribution < -0.4 is 15.8 Å². The van der Waals surface area contributed by atoms with Gasteiger partial charge in [0.15, 0.2) is 0 Å². The number of aliphatic hydroxyl groups is 2. The molecular formula is C32H41N3O6S. The van der Waals surface area contributed by atoms with Crippen molar-refractivity contribution in [2.45, 2.75) is 62.3 Å². The lowest BCUT2D eigenvalue weighted by molar-refractivity contribution is 0.0775. The number of fused-ring (bicyclic) bond motifs is 1. The van der Waals surface area contributed by atoms with Gasteiger partial charge in [-0.05, 0) is 78.3 Å². The molecule has 0 saturated heterocycles. The summed E-state index contributed by atoms with van der Waals surface area (Å²) in [6.07, 6.45) is -0.373. The van der Waals surface area contributed by atoms with Crippen molar-refractivity contribution >= 4 is 15.9 Å². The van der Waals surface area contributed by atoms with Crippen LogP contribution in [0.15, 0.2) is 77.7 Å². The first kappa shape index (κ1) is 31.7. The van der Waals surface area contributed by atoms with E-state index in [1.807, 2.05) is 44.2 Å². The molecule has 0 saturated carbocycles. The van der Waals surface area contributed by atoms with Crippen molar-refractivity contribution in [1.29, 1.82) is 0 Å². The third-order valence-corrected chi connectivity index (χ3v) is 9.44. The van der Waals surface area contributed by atoms with Crippen LogP contribution in [0.4, 0.5) is 0 Å². The van der Waals surface area contributed by atoms with Crippen LogP contribution in [0.25, 0.3) is 0 Å². The Morgan fingerprint density at radius 3 is 2.36 bits per heavy atom. The molecule has 5 N–H and O–H groups in total. The Kier molecular flexibility index (Phi) is 10.4. The monoisotopic (exact) mass is 595 g/mol. The Bertz CT molecular complexity index is 1450. The Morgan fingerprint density at radius 1 is 1.02 bits per heavy atom. The predicted octanol–water partition coefficient (Wildman–Crippen LogP) is 3.57. The van der Waals surface area contributed by atoms with E-state index in [4.69, 9.17) is 10.5 Å². The van der Waals surface area contributed by atoms with Crippen LogP contribution >= 0.6 is 0 Å². The molecule has 0 aliphatic heterocycles. The molecule has 3 aromatic carbocycles. The van der Waals surface area contributed by atoms with Crippen molar-refractivity contribution in [3.63, 3.8) is 0 Å². The Labute approximate surface area is 248 Å². The van der Waals surface area contributed by atoms with Crippen molar-refractivity contribution in [3.05, 3.63) is 95.1 Å². The van der Waals surface area contributed by atoms with Crippen LogP contribution in [0, 0.1) is 5.92 Å². The molecule has 0 heterocycles. The second kappa shape index (κ2) is 13.8. The fraction of sp³-hybridized carbons (Fsp3) is 0.406. The molecule has 1 amide bonds. The average Bonchev–Trinajstić information content (AvgIpc) is 2.98. The lowest BCUT2D eigenvalue weighted by atomic mass is 9.85. The Balaban J connectivity index is 1.60. The Morgan fingerprint density at radius 2 is 1.71 bits per heavy atom. The minimum Gasteiger partial charge on any atom is -0.497 e. The Hall–Kier alpha value is -3.28. The van der Waals surface area contributed by atoms with Gasteiger partial charge in [0.05, 0.1) is 30.3 Å². The molecule has 3 aromatic rings. The molecule has 1 aliphatic carbocycles. The summed E-state index contributed by atoms with van der Waals surface area (Å²) in [7, 11) is -2.45. The summed E-state index contributed by atoms with van der Waals surface area (Å²) >= 11 is 0. The maximum absolute atomic E-state index is 13.7. The summed E-state index contributed by atoms with van der Waals surface area (Å²) in [4.78, 5) is 13.6. The molecule has 0 radical (unpaired) electrons. The highest BCUT2D eigenvalue weighted by molar-refractivity contribution is 7.89. The van der Waals surface area contributed by atoms with Crippen LogP contribution in [0.5, 0.6) is 5.75 Å². The van der Waals surface area contributed by atoms with Crippen molar-refractivity contribution in [2.24, 2.45) is 11.7 Å². The van der Waals surface area contributed by atoms with Crippen molar-refractivity contribution in [3.8, 4) is 5.75 Å². The van der Waals surface area contributed by atoms with Crippen LogP contribution in [0.3, 0.4) is 0 Å². The maximum Gasteiger partial charge on any atom is 0.251 e. The molecule has 1 aliphatic rings. The van der Waals surface area contributed by atoms with E-state index in [2.05, 4.69) is 5.32 Å². The van der Waals surface area contributed by atoms with E-state index in [-0.39, 0.29) is 36.4 Å². The van der Waals surface area contributed by atoms with Gasteiger partial charge in [0.25, 0.3) is 5.91 Å². The molecule has 0 aromatic heterocycles. The fourth-order valence-electron chi connectivity index (χ4n) is 5.30. The number of aliphatic hydroxyl groups excluding tert-OH is 2. The molecule has 0 bridgehead atoms. The first-order valence-corrected chi connectivity index (χ1v) is 15.7. The first-order chi connectivity index (χ1) is 20.0. The second-order valence-corrected chi connectivity index (χ2v) is 13.2. The number of sulfonamides is 1. The van der Waals surface area contributed by atoms with E-state index < -0.39 is 34.2 Å². The molecular weight excluding hydrogens is 554 g/mol. The normalized spacial score (nSPS) is 18.4. The molecule has 0 unspecified atom stereocenters. The number of hydrogen-bond donors (Lipinski definition) is 4. The van der Waals surface area contributed by atoms with Gasteiger partial charge in [0.1, 0.15) is 5.75 Å². The number of ether oxygens (including phenoxy) is 1. The lowest BCUT2D eigenvalue weighted by Crippen LogP contribution is -2.51.